The highest BCUT2D eigenvalue weighted by Crippen LogP contribution is 2.39. The zero-order chi connectivity index (χ0) is 18.5. The van der Waals surface area contributed by atoms with Crippen LogP contribution in [0, 0.1) is 0 Å². The van der Waals surface area contributed by atoms with Gasteiger partial charge in [-0.1, -0.05) is 48.0 Å². The number of nitrogens with two attached hydrogens (primary N) is 1. The number of ether oxygens (including phenoxy) is 1. The van der Waals surface area contributed by atoms with E-state index in [0.29, 0.717) is 34.6 Å². The molecule has 0 bridgehead atoms. The van der Waals surface area contributed by atoms with E-state index in [1.54, 1.807) is 24.3 Å². The van der Waals surface area contributed by atoms with Crippen molar-refractivity contribution < 1.29 is 4.74 Å². The molecule has 0 fully saturated rings. The molecule has 6 nitrogen and oxygen atoms in total. The molecule has 26 heavy (non-hydrogen) atoms. The van der Waals surface area contributed by atoms with Crippen LogP contribution in [0.3, 0.4) is 0 Å². The SMILES string of the molecule is CCOc1c(N=Nc2cccc(Cl)c2)c(-c2ccccc2)nn1C(N)=S. The van der Waals surface area contributed by atoms with Gasteiger partial charge in [-0.25, -0.2) is 0 Å². The Bertz CT molecular complexity index is 955. The van der Waals surface area contributed by atoms with Crippen LogP contribution < -0.4 is 10.5 Å². The average Bonchev–Trinajstić information content (AvgIpc) is 3.00. The molecule has 2 aromatic carbocycles. The summed E-state index contributed by atoms with van der Waals surface area (Å²) in [6, 6.07) is 16.7. The Morgan fingerprint density at radius 1 is 1.19 bits per heavy atom. The average molecular weight is 386 g/mol. The van der Waals surface area contributed by atoms with Crippen LogP contribution >= 0.6 is 23.8 Å². The van der Waals surface area contributed by atoms with Crippen LogP contribution in [0.25, 0.3) is 11.3 Å². The van der Waals surface area contributed by atoms with Crippen LogP contribution in [0.4, 0.5) is 11.4 Å². The second-order valence-corrected chi connectivity index (χ2v) is 6.09. The van der Waals surface area contributed by atoms with E-state index in [0.717, 1.165) is 5.56 Å². The van der Waals surface area contributed by atoms with E-state index >= 15 is 0 Å². The van der Waals surface area contributed by atoms with Gasteiger partial charge in [-0.15, -0.1) is 5.11 Å². The fourth-order valence-corrected chi connectivity index (χ4v) is 2.64. The monoisotopic (exact) mass is 385 g/mol. The summed E-state index contributed by atoms with van der Waals surface area (Å²) in [6.45, 7) is 2.26. The quantitative estimate of drug-likeness (QED) is 0.489. The van der Waals surface area contributed by atoms with Crippen molar-refractivity contribution in [2.75, 3.05) is 6.61 Å². The highest BCUT2D eigenvalue weighted by atomic mass is 35.5. The van der Waals surface area contributed by atoms with Crippen LogP contribution in [0.5, 0.6) is 5.88 Å². The van der Waals surface area contributed by atoms with Crippen molar-refractivity contribution in [3.63, 3.8) is 0 Å². The maximum atomic E-state index is 6.00. The molecule has 0 amide bonds. The lowest BCUT2D eigenvalue weighted by molar-refractivity contribution is 0.320. The summed E-state index contributed by atoms with van der Waals surface area (Å²) in [7, 11) is 0. The molecule has 132 valence electrons. The summed E-state index contributed by atoms with van der Waals surface area (Å²) < 4.78 is 7.05. The van der Waals surface area contributed by atoms with Crippen molar-refractivity contribution in [3.8, 4) is 17.1 Å². The summed E-state index contributed by atoms with van der Waals surface area (Å²) in [6.07, 6.45) is 0. The van der Waals surface area contributed by atoms with Gasteiger partial charge in [-0.3, -0.25) is 0 Å². The van der Waals surface area contributed by atoms with Gasteiger partial charge in [0.25, 0.3) is 0 Å². The third kappa shape index (κ3) is 3.89. The minimum atomic E-state index is 0.0647. The molecule has 0 spiro atoms. The highest BCUT2D eigenvalue weighted by molar-refractivity contribution is 7.80. The van der Waals surface area contributed by atoms with Crippen molar-refractivity contribution in [1.29, 1.82) is 0 Å². The lowest BCUT2D eigenvalue weighted by atomic mass is 10.1. The second kappa shape index (κ2) is 8.07. The van der Waals surface area contributed by atoms with Crippen molar-refractivity contribution >= 4 is 40.3 Å². The molecule has 1 aromatic heterocycles. The van der Waals surface area contributed by atoms with E-state index in [-0.39, 0.29) is 5.11 Å². The summed E-state index contributed by atoms with van der Waals surface area (Å²) in [5.41, 5.74) is 8.28. The van der Waals surface area contributed by atoms with Gasteiger partial charge >= 0.3 is 0 Å². The number of halogens is 1. The molecule has 0 unspecified atom stereocenters. The molecule has 0 aliphatic rings. The van der Waals surface area contributed by atoms with E-state index in [9.17, 15) is 0 Å². The summed E-state index contributed by atoms with van der Waals surface area (Å²) in [5, 5.41) is 13.7. The number of thiocarbonyl (C=S) groups is 1. The molecule has 0 radical (unpaired) electrons. The number of nitrogens with zero attached hydrogens (tertiary/aromatic N) is 4. The number of azo groups is 1. The van der Waals surface area contributed by atoms with Gasteiger partial charge in [0.1, 0.15) is 5.69 Å². The van der Waals surface area contributed by atoms with Crippen LogP contribution in [0.1, 0.15) is 6.92 Å². The van der Waals surface area contributed by atoms with E-state index in [1.807, 2.05) is 37.3 Å². The van der Waals surface area contributed by atoms with Crippen LogP contribution in [0.15, 0.2) is 64.8 Å². The molecular weight excluding hydrogens is 370 g/mol. The van der Waals surface area contributed by atoms with Crippen molar-refractivity contribution in [1.82, 2.24) is 9.78 Å². The van der Waals surface area contributed by atoms with Gasteiger partial charge in [0, 0.05) is 10.6 Å². The summed E-state index contributed by atoms with van der Waals surface area (Å²) in [5.74, 6) is 0.352. The lowest BCUT2D eigenvalue weighted by Gasteiger charge is -2.05. The number of aromatic nitrogens is 2. The molecule has 3 rings (SSSR count). The van der Waals surface area contributed by atoms with Gasteiger partial charge in [0.15, 0.2) is 10.8 Å². The summed E-state index contributed by atoms with van der Waals surface area (Å²) >= 11 is 11.1. The Morgan fingerprint density at radius 3 is 2.62 bits per heavy atom. The lowest BCUT2D eigenvalue weighted by Crippen LogP contribution is -2.21. The van der Waals surface area contributed by atoms with Gasteiger partial charge in [-0.2, -0.15) is 14.9 Å². The number of hydrogen-bond acceptors (Lipinski definition) is 5. The largest absolute Gasteiger partial charge is 0.476 e. The predicted molar refractivity (Wildman–Crippen MR) is 107 cm³/mol. The minimum Gasteiger partial charge on any atom is -0.476 e. The number of benzene rings is 2. The minimum absolute atomic E-state index is 0.0647. The highest BCUT2D eigenvalue weighted by Gasteiger charge is 2.22. The van der Waals surface area contributed by atoms with Crippen molar-refractivity contribution in [3.05, 3.63) is 59.6 Å². The molecule has 0 atom stereocenters. The Labute approximate surface area is 161 Å². The zero-order valence-electron chi connectivity index (χ0n) is 14.0. The number of hydrogen-bond donors (Lipinski definition) is 1. The Kier molecular flexibility index (Phi) is 5.60. The molecule has 0 aliphatic heterocycles. The van der Waals surface area contributed by atoms with Crippen LogP contribution in [-0.2, 0) is 0 Å². The fourth-order valence-electron chi connectivity index (χ4n) is 2.34. The Balaban J connectivity index is 2.15. The van der Waals surface area contributed by atoms with E-state index in [2.05, 4.69) is 15.3 Å². The first-order chi connectivity index (χ1) is 12.6. The molecule has 8 heteroatoms. The number of rotatable bonds is 5. The predicted octanol–water partition coefficient (Wildman–Crippen LogP) is 5.11. The van der Waals surface area contributed by atoms with Gasteiger partial charge in [0.2, 0.25) is 5.88 Å². The molecular formula is C18H16ClN5OS. The molecule has 0 saturated heterocycles. The first-order valence-electron chi connectivity index (χ1n) is 7.88. The standard InChI is InChI=1S/C18H16ClN5OS/c1-2-25-17-16(22-21-14-10-6-9-13(19)11-14)15(23-24(17)18(20)26)12-7-4-3-5-8-12/h3-11H,2H2,1H3,(H2,20,26). The Morgan fingerprint density at radius 2 is 1.96 bits per heavy atom. The smallest absolute Gasteiger partial charge is 0.248 e. The van der Waals surface area contributed by atoms with Crippen molar-refractivity contribution in [2.24, 2.45) is 16.0 Å². The second-order valence-electron chi connectivity index (χ2n) is 5.23. The molecule has 0 saturated carbocycles. The first-order valence-corrected chi connectivity index (χ1v) is 8.67. The molecule has 3 aromatic rings. The topological polar surface area (TPSA) is 77.8 Å². The van der Waals surface area contributed by atoms with Gasteiger partial charge in [0.05, 0.1) is 12.3 Å². The summed E-state index contributed by atoms with van der Waals surface area (Å²) in [4.78, 5) is 0. The molecule has 2 N–H and O–H groups in total. The molecule has 0 aliphatic carbocycles. The van der Waals surface area contributed by atoms with Crippen LogP contribution in [-0.4, -0.2) is 21.5 Å². The third-order valence-electron chi connectivity index (χ3n) is 3.43. The van der Waals surface area contributed by atoms with Gasteiger partial charge in [-0.05, 0) is 37.3 Å². The zero-order valence-corrected chi connectivity index (χ0v) is 15.5. The first kappa shape index (κ1) is 18.0. The normalized spacial score (nSPS) is 11.0. The molecule has 1 heterocycles. The maximum Gasteiger partial charge on any atom is 0.248 e. The maximum absolute atomic E-state index is 6.00. The van der Waals surface area contributed by atoms with Crippen LogP contribution in [0.2, 0.25) is 5.02 Å². The Hall–Kier alpha value is -2.77. The van der Waals surface area contributed by atoms with E-state index in [4.69, 9.17) is 34.3 Å². The van der Waals surface area contributed by atoms with E-state index < -0.39 is 0 Å². The van der Waals surface area contributed by atoms with Gasteiger partial charge < -0.3 is 10.5 Å². The van der Waals surface area contributed by atoms with Crippen molar-refractivity contribution in [2.45, 2.75) is 6.92 Å². The fraction of sp³-hybridized carbons (Fsp3) is 0.111. The third-order valence-corrected chi connectivity index (χ3v) is 3.84. The van der Waals surface area contributed by atoms with E-state index in [1.165, 1.54) is 4.68 Å².